The number of carboxylic acid groups (broad SMARTS) is 1. The SMILES string of the molecule is C=C1C[C@@]23CCC4C(C)(C(=O)O)CCCC4(C)C2CC[C@]1(O)C3. The molecule has 128 valence electrons. The zero-order valence-electron chi connectivity index (χ0n) is 14.5. The highest BCUT2D eigenvalue weighted by atomic mass is 16.4. The van der Waals surface area contributed by atoms with Gasteiger partial charge in [0.25, 0.3) is 0 Å². The van der Waals surface area contributed by atoms with Crippen LogP contribution in [0, 0.1) is 28.1 Å². The molecule has 4 rings (SSSR count). The van der Waals surface area contributed by atoms with Gasteiger partial charge in [0, 0.05) is 0 Å². The molecule has 4 saturated carbocycles. The van der Waals surface area contributed by atoms with E-state index in [1.54, 1.807) is 0 Å². The van der Waals surface area contributed by atoms with Crippen molar-refractivity contribution in [2.24, 2.45) is 28.1 Å². The van der Waals surface area contributed by atoms with Gasteiger partial charge in [-0.05, 0) is 86.5 Å². The normalized spacial score (nSPS) is 55.2. The average Bonchev–Trinajstić information content (AvgIpc) is 2.63. The highest BCUT2D eigenvalue weighted by molar-refractivity contribution is 5.75. The molecule has 4 aliphatic carbocycles. The van der Waals surface area contributed by atoms with Crippen molar-refractivity contribution in [2.45, 2.75) is 77.2 Å². The van der Waals surface area contributed by atoms with Gasteiger partial charge in [-0.3, -0.25) is 4.79 Å². The Bertz CT molecular complexity index is 583. The minimum atomic E-state index is -0.634. The first-order valence-electron chi connectivity index (χ1n) is 9.30. The van der Waals surface area contributed by atoms with Crippen molar-refractivity contribution in [3.8, 4) is 0 Å². The number of rotatable bonds is 1. The van der Waals surface area contributed by atoms with Gasteiger partial charge in [-0.25, -0.2) is 0 Å². The topological polar surface area (TPSA) is 57.5 Å². The summed E-state index contributed by atoms with van der Waals surface area (Å²) < 4.78 is 0. The number of aliphatic hydroxyl groups is 1. The number of aliphatic carboxylic acids is 1. The largest absolute Gasteiger partial charge is 0.481 e. The molecular weight excluding hydrogens is 288 g/mol. The summed E-state index contributed by atoms with van der Waals surface area (Å²) in [7, 11) is 0. The first-order chi connectivity index (χ1) is 10.7. The van der Waals surface area contributed by atoms with Crippen LogP contribution in [0.1, 0.15) is 71.6 Å². The van der Waals surface area contributed by atoms with Crippen LogP contribution >= 0.6 is 0 Å². The second kappa shape index (κ2) is 4.41. The molecule has 0 radical (unpaired) electrons. The number of hydrogen-bond acceptors (Lipinski definition) is 2. The number of fused-ring (bicyclic) bond motifs is 3. The molecule has 0 aromatic heterocycles. The van der Waals surface area contributed by atoms with E-state index in [0.717, 1.165) is 63.4 Å². The van der Waals surface area contributed by atoms with E-state index in [-0.39, 0.29) is 16.7 Å². The van der Waals surface area contributed by atoms with Crippen molar-refractivity contribution in [1.29, 1.82) is 0 Å². The zero-order chi connectivity index (χ0) is 16.7. The molecule has 1 spiro atoms. The van der Waals surface area contributed by atoms with Gasteiger partial charge in [0.05, 0.1) is 11.0 Å². The van der Waals surface area contributed by atoms with Crippen molar-refractivity contribution in [3.63, 3.8) is 0 Å². The van der Waals surface area contributed by atoms with Crippen LogP contribution in [0.4, 0.5) is 0 Å². The first-order valence-corrected chi connectivity index (χ1v) is 9.30. The van der Waals surface area contributed by atoms with Gasteiger partial charge >= 0.3 is 5.97 Å². The molecule has 4 fully saturated rings. The van der Waals surface area contributed by atoms with Gasteiger partial charge in [-0.15, -0.1) is 0 Å². The molecule has 0 aliphatic heterocycles. The van der Waals surface area contributed by atoms with Gasteiger partial charge in [0.15, 0.2) is 0 Å². The van der Waals surface area contributed by atoms with Gasteiger partial charge in [-0.1, -0.05) is 19.9 Å². The highest BCUT2D eigenvalue weighted by Crippen LogP contribution is 2.72. The summed E-state index contributed by atoms with van der Waals surface area (Å²) in [6.45, 7) is 8.55. The number of carboxylic acids is 1. The molecule has 0 heterocycles. The van der Waals surface area contributed by atoms with E-state index in [1.807, 2.05) is 6.92 Å². The fourth-order valence-corrected chi connectivity index (χ4v) is 7.61. The maximum absolute atomic E-state index is 12.0. The summed E-state index contributed by atoms with van der Waals surface area (Å²) in [6.07, 6.45) is 8.75. The van der Waals surface area contributed by atoms with E-state index < -0.39 is 17.0 Å². The lowest BCUT2D eigenvalue weighted by Crippen LogP contribution is -2.59. The molecule has 2 N–H and O–H groups in total. The Morgan fingerprint density at radius 3 is 2.52 bits per heavy atom. The summed E-state index contributed by atoms with van der Waals surface area (Å²) in [5.74, 6) is 0.219. The first kappa shape index (κ1) is 15.7. The molecule has 0 aromatic carbocycles. The second-order valence-electron chi connectivity index (χ2n) is 9.62. The number of carbonyl (C=O) groups is 1. The number of hydrogen-bond donors (Lipinski definition) is 2. The Morgan fingerprint density at radius 1 is 1.13 bits per heavy atom. The van der Waals surface area contributed by atoms with Crippen LogP contribution in [0.15, 0.2) is 12.2 Å². The lowest BCUT2D eigenvalue weighted by Gasteiger charge is -2.63. The van der Waals surface area contributed by atoms with Crippen molar-refractivity contribution < 1.29 is 15.0 Å². The summed E-state index contributed by atoms with van der Waals surface area (Å²) in [5, 5.41) is 20.8. The van der Waals surface area contributed by atoms with Crippen molar-refractivity contribution in [3.05, 3.63) is 12.2 Å². The molecular formula is C20H30O3. The third kappa shape index (κ3) is 1.78. The molecule has 3 heteroatoms. The predicted octanol–water partition coefficient (Wildman–Crippen LogP) is 4.16. The fourth-order valence-electron chi connectivity index (χ4n) is 7.61. The molecule has 0 amide bonds. The fraction of sp³-hybridized carbons (Fsp3) is 0.850. The summed E-state index contributed by atoms with van der Waals surface area (Å²) in [5.41, 5.74) is 0.128. The molecule has 2 bridgehead atoms. The van der Waals surface area contributed by atoms with E-state index >= 15 is 0 Å². The third-order valence-corrected chi connectivity index (χ3v) is 8.65. The quantitative estimate of drug-likeness (QED) is 0.714. The third-order valence-electron chi connectivity index (χ3n) is 8.65. The van der Waals surface area contributed by atoms with Crippen LogP contribution in [0.5, 0.6) is 0 Å². The molecule has 4 aliphatic rings. The Labute approximate surface area is 139 Å². The van der Waals surface area contributed by atoms with Crippen molar-refractivity contribution >= 4 is 5.97 Å². The van der Waals surface area contributed by atoms with Crippen LogP contribution in [-0.2, 0) is 4.79 Å². The Hall–Kier alpha value is -0.830. The van der Waals surface area contributed by atoms with E-state index in [4.69, 9.17) is 0 Å². The van der Waals surface area contributed by atoms with Gasteiger partial charge in [-0.2, -0.15) is 0 Å². The van der Waals surface area contributed by atoms with Crippen LogP contribution < -0.4 is 0 Å². The molecule has 0 saturated heterocycles. The molecule has 23 heavy (non-hydrogen) atoms. The minimum absolute atomic E-state index is 0.107. The van der Waals surface area contributed by atoms with Crippen molar-refractivity contribution in [2.75, 3.05) is 0 Å². The van der Waals surface area contributed by atoms with Crippen LogP contribution in [-0.4, -0.2) is 21.8 Å². The Balaban J connectivity index is 1.76. The Kier molecular flexibility index (Phi) is 3.01. The lowest BCUT2D eigenvalue weighted by molar-refractivity contribution is -0.186. The molecule has 6 atom stereocenters. The van der Waals surface area contributed by atoms with E-state index in [2.05, 4.69) is 13.5 Å². The van der Waals surface area contributed by atoms with Crippen molar-refractivity contribution in [1.82, 2.24) is 0 Å². The Morgan fingerprint density at radius 2 is 1.83 bits per heavy atom. The predicted molar refractivity (Wildman–Crippen MR) is 88.9 cm³/mol. The molecule has 4 unspecified atom stereocenters. The van der Waals surface area contributed by atoms with E-state index in [1.165, 1.54) is 0 Å². The zero-order valence-corrected chi connectivity index (χ0v) is 14.5. The van der Waals surface area contributed by atoms with Crippen LogP contribution in [0.2, 0.25) is 0 Å². The summed E-state index contributed by atoms with van der Waals surface area (Å²) in [4.78, 5) is 12.0. The van der Waals surface area contributed by atoms with Gasteiger partial charge in [0.2, 0.25) is 0 Å². The summed E-state index contributed by atoms with van der Waals surface area (Å²) >= 11 is 0. The molecule has 0 aromatic rings. The maximum Gasteiger partial charge on any atom is 0.309 e. The average molecular weight is 318 g/mol. The highest BCUT2D eigenvalue weighted by Gasteiger charge is 2.67. The van der Waals surface area contributed by atoms with Gasteiger partial charge < -0.3 is 10.2 Å². The maximum atomic E-state index is 12.0. The summed E-state index contributed by atoms with van der Waals surface area (Å²) in [6, 6.07) is 0. The van der Waals surface area contributed by atoms with E-state index in [9.17, 15) is 15.0 Å². The monoisotopic (exact) mass is 318 g/mol. The molecule has 3 nitrogen and oxygen atoms in total. The lowest BCUT2D eigenvalue weighted by atomic mass is 9.41. The van der Waals surface area contributed by atoms with Gasteiger partial charge in [0.1, 0.15) is 0 Å². The van der Waals surface area contributed by atoms with E-state index in [0.29, 0.717) is 5.92 Å². The van der Waals surface area contributed by atoms with Crippen LogP contribution in [0.25, 0.3) is 0 Å². The smallest absolute Gasteiger partial charge is 0.309 e. The minimum Gasteiger partial charge on any atom is -0.481 e. The standard InChI is InChI=1S/C20H30O3/c1-13-11-19-9-5-14-17(2,7-4-8-18(14,3)16(21)22)15(19)6-10-20(13,23)12-19/h14-15,23H,1,4-12H2,2-3H3,(H,21,22)/t14?,15?,17?,18?,19-,20+/m1/s1. The van der Waals surface area contributed by atoms with Crippen LogP contribution in [0.3, 0.4) is 0 Å². The second-order valence-corrected chi connectivity index (χ2v) is 9.62.